The summed E-state index contributed by atoms with van der Waals surface area (Å²) in [5, 5.41) is 20.0. The Morgan fingerprint density at radius 2 is 1.84 bits per heavy atom. The highest BCUT2D eigenvalue weighted by Crippen LogP contribution is 2.31. The first-order valence-corrected chi connectivity index (χ1v) is 9.49. The summed E-state index contributed by atoms with van der Waals surface area (Å²) in [6.45, 7) is 5.18. The van der Waals surface area contributed by atoms with E-state index >= 15 is 0 Å². The molecule has 9 nitrogen and oxygen atoms in total. The van der Waals surface area contributed by atoms with Crippen molar-refractivity contribution in [2.24, 2.45) is 0 Å². The van der Waals surface area contributed by atoms with Gasteiger partial charge in [0.1, 0.15) is 6.04 Å². The van der Waals surface area contributed by atoms with Gasteiger partial charge in [0.05, 0.1) is 28.7 Å². The molecular weight excluding hydrogens is 400 g/mol. The zero-order chi connectivity index (χ0) is 22.9. The maximum Gasteiger partial charge on any atom is 0.270 e. The van der Waals surface area contributed by atoms with Crippen molar-refractivity contribution >= 4 is 29.1 Å². The molecule has 3 amide bonds. The average Bonchev–Trinajstić information content (AvgIpc) is 3.00. The predicted molar refractivity (Wildman–Crippen MR) is 111 cm³/mol. The molecule has 31 heavy (non-hydrogen) atoms. The Balaban J connectivity index is 1.98. The lowest BCUT2D eigenvalue weighted by atomic mass is 9.99. The van der Waals surface area contributed by atoms with E-state index in [-0.39, 0.29) is 17.7 Å². The smallest absolute Gasteiger partial charge is 0.270 e. The van der Waals surface area contributed by atoms with Crippen molar-refractivity contribution in [2.45, 2.75) is 38.8 Å². The van der Waals surface area contributed by atoms with Crippen molar-refractivity contribution in [3.05, 3.63) is 69.8 Å². The van der Waals surface area contributed by atoms with Crippen LogP contribution in [0.15, 0.2) is 48.5 Å². The fourth-order valence-electron chi connectivity index (χ4n) is 3.58. The van der Waals surface area contributed by atoms with E-state index in [1.165, 1.54) is 47.4 Å². The number of non-ortho nitro benzene ring substituents is 1. The number of hydrogen-bond acceptors (Lipinski definition) is 6. The second kappa shape index (κ2) is 7.99. The van der Waals surface area contributed by atoms with E-state index in [0.717, 1.165) is 11.0 Å². The average molecular weight is 420 g/mol. The predicted octanol–water partition coefficient (Wildman–Crippen LogP) is 3.04. The van der Waals surface area contributed by atoms with E-state index in [1.807, 2.05) is 6.07 Å². The molecule has 0 N–H and O–H groups in total. The lowest BCUT2D eigenvalue weighted by Gasteiger charge is -2.39. The molecule has 1 heterocycles. The first-order chi connectivity index (χ1) is 14.5. The lowest BCUT2D eigenvalue weighted by molar-refractivity contribution is -0.384. The summed E-state index contributed by atoms with van der Waals surface area (Å²) in [5.74, 6) is -1.62. The number of nitriles is 1. The molecule has 1 aliphatic heterocycles. The van der Waals surface area contributed by atoms with E-state index in [2.05, 4.69) is 0 Å². The topological polar surface area (TPSA) is 125 Å². The summed E-state index contributed by atoms with van der Waals surface area (Å²) >= 11 is 0. The van der Waals surface area contributed by atoms with E-state index in [1.54, 1.807) is 20.8 Å². The lowest BCUT2D eigenvalue weighted by Crippen LogP contribution is -2.54. The van der Waals surface area contributed by atoms with Gasteiger partial charge in [-0.2, -0.15) is 5.26 Å². The van der Waals surface area contributed by atoms with Gasteiger partial charge in [-0.3, -0.25) is 24.5 Å². The molecule has 158 valence electrons. The number of nitro benzene ring substituents is 1. The third-order valence-corrected chi connectivity index (χ3v) is 4.93. The highest BCUT2D eigenvalue weighted by atomic mass is 16.6. The summed E-state index contributed by atoms with van der Waals surface area (Å²) in [4.78, 5) is 52.0. The Hall–Kier alpha value is -4.06. The molecule has 0 radical (unpaired) electrons. The van der Waals surface area contributed by atoms with Crippen LogP contribution in [0.4, 0.5) is 11.4 Å². The first kappa shape index (κ1) is 21.6. The van der Waals surface area contributed by atoms with Gasteiger partial charge < -0.3 is 4.90 Å². The molecule has 0 aromatic heterocycles. The highest BCUT2D eigenvalue weighted by molar-refractivity contribution is 6.23. The van der Waals surface area contributed by atoms with Crippen LogP contribution in [0.3, 0.4) is 0 Å². The maximum atomic E-state index is 13.3. The van der Waals surface area contributed by atoms with Gasteiger partial charge >= 0.3 is 0 Å². The van der Waals surface area contributed by atoms with E-state index in [0.29, 0.717) is 11.3 Å². The van der Waals surface area contributed by atoms with Gasteiger partial charge in [0, 0.05) is 23.2 Å². The second-order valence-electron chi connectivity index (χ2n) is 8.10. The number of rotatable bonds is 4. The number of nitro groups is 1. The normalized spacial score (nSPS) is 16.2. The van der Waals surface area contributed by atoms with Gasteiger partial charge in [0.25, 0.3) is 17.5 Å². The van der Waals surface area contributed by atoms with E-state index < -0.39 is 34.2 Å². The van der Waals surface area contributed by atoms with Crippen LogP contribution in [0.25, 0.3) is 0 Å². The Morgan fingerprint density at radius 3 is 2.39 bits per heavy atom. The molecule has 0 bridgehead atoms. The van der Waals surface area contributed by atoms with Gasteiger partial charge in [-0.15, -0.1) is 0 Å². The number of carbonyl (C=O) groups excluding carboxylic acids is 3. The van der Waals surface area contributed by atoms with Crippen LogP contribution in [-0.4, -0.2) is 39.1 Å². The van der Waals surface area contributed by atoms with Crippen molar-refractivity contribution in [2.75, 3.05) is 4.90 Å². The van der Waals surface area contributed by atoms with E-state index in [4.69, 9.17) is 5.26 Å². The van der Waals surface area contributed by atoms with Crippen LogP contribution in [0.5, 0.6) is 0 Å². The summed E-state index contributed by atoms with van der Waals surface area (Å²) in [5.41, 5.74) is -0.332. The van der Waals surface area contributed by atoms with Gasteiger partial charge in [-0.05, 0) is 51.1 Å². The minimum Gasteiger partial charge on any atom is -0.321 e. The molecule has 1 atom stereocenters. The van der Waals surface area contributed by atoms with Crippen molar-refractivity contribution in [3.8, 4) is 6.07 Å². The fraction of sp³-hybridized carbons (Fsp3) is 0.273. The van der Waals surface area contributed by atoms with Gasteiger partial charge in [-0.25, -0.2) is 4.90 Å². The standard InChI is InChI=1S/C22H20N4O5/c1-22(2,3)25(20(28)15-5-4-6-17(11-15)26(30)31)18-12-19(27)24(21(18)29)16-9-7-14(13-23)8-10-16/h4-11,18H,12H2,1-3H3. The summed E-state index contributed by atoms with van der Waals surface area (Å²) in [6, 6.07) is 12.2. The van der Waals surface area contributed by atoms with Crippen LogP contribution in [-0.2, 0) is 9.59 Å². The minimum absolute atomic E-state index is 0.0567. The molecule has 9 heteroatoms. The number of carbonyl (C=O) groups is 3. The Bertz CT molecular complexity index is 1110. The van der Waals surface area contributed by atoms with Crippen LogP contribution < -0.4 is 4.90 Å². The molecule has 0 aliphatic carbocycles. The summed E-state index contributed by atoms with van der Waals surface area (Å²) in [6.07, 6.45) is -0.212. The molecule has 1 fully saturated rings. The van der Waals surface area contributed by atoms with Crippen LogP contribution in [0, 0.1) is 21.4 Å². The zero-order valence-corrected chi connectivity index (χ0v) is 17.2. The largest absolute Gasteiger partial charge is 0.321 e. The fourth-order valence-corrected chi connectivity index (χ4v) is 3.58. The Morgan fingerprint density at radius 1 is 1.19 bits per heavy atom. The molecule has 0 saturated carbocycles. The summed E-state index contributed by atoms with van der Waals surface area (Å²) < 4.78 is 0. The van der Waals surface area contributed by atoms with Crippen molar-refractivity contribution in [1.82, 2.24) is 4.90 Å². The zero-order valence-electron chi connectivity index (χ0n) is 17.2. The number of anilines is 1. The van der Waals surface area contributed by atoms with Crippen LogP contribution in [0.1, 0.15) is 43.1 Å². The molecule has 1 unspecified atom stereocenters. The number of hydrogen-bond donors (Lipinski definition) is 0. The Kier molecular flexibility index (Phi) is 5.58. The quantitative estimate of drug-likeness (QED) is 0.425. The second-order valence-corrected chi connectivity index (χ2v) is 8.10. The monoisotopic (exact) mass is 420 g/mol. The molecule has 1 aliphatic rings. The first-order valence-electron chi connectivity index (χ1n) is 9.49. The molecular formula is C22H20N4O5. The number of amides is 3. The van der Waals surface area contributed by atoms with Crippen molar-refractivity contribution < 1.29 is 19.3 Å². The van der Waals surface area contributed by atoms with Crippen LogP contribution >= 0.6 is 0 Å². The minimum atomic E-state index is -1.06. The third kappa shape index (κ3) is 4.14. The molecule has 3 rings (SSSR count). The number of imide groups is 1. The molecule has 2 aromatic carbocycles. The maximum absolute atomic E-state index is 13.3. The van der Waals surface area contributed by atoms with Crippen molar-refractivity contribution in [3.63, 3.8) is 0 Å². The van der Waals surface area contributed by atoms with Crippen LogP contribution in [0.2, 0.25) is 0 Å². The van der Waals surface area contributed by atoms with Gasteiger partial charge in [0.2, 0.25) is 5.91 Å². The van der Waals surface area contributed by atoms with Gasteiger partial charge in [0.15, 0.2) is 0 Å². The number of nitrogens with zero attached hydrogens (tertiary/aromatic N) is 4. The van der Waals surface area contributed by atoms with Crippen molar-refractivity contribution in [1.29, 1.82) is 5.26 Å². The highest BCUT2D eigenvalue weighted by Gasteiger charge is 2.47. The third-order valence-electron chi connectivity index (χ3n) is 4.93. The molecule has 2 aromatic rings. The van der Waals surface area contributed by atoms with Gasteiger partial charge in [-0.1, -0.05) is 6.07 Å². The molecule has 1 saturated heterocycles. The van der Waals surface area contributed by atoms with E-state index in [9.17, 15) is 24.5 Å². The number of benzene rings is 2. The summed E-state index contributed by atoms with van der Waals surface area (Å²) in [7, 11) is 0. The SMILES string of the molecule is CC(C)(C)N(C(=O)c1cccc([N+](=O)[O-])c1)C1CC(=O)N(c2ccc(C#N)cc2)C1=O. The Labute approximate surface area is 178 Å². The molecule has 0 spiro atoms.